The van der Waals surface area contributed by atoms with Crippen LogP contribution in [0.4, 0.5) is 5.82 Å². The lowest BCUT2D eigenvalue weighted by Crippen LogP contribution is -2.28. The van der Waals surface area contributed by atoms with Gasteiger partial charge in [0.1, 0.15) is 11.6 Å². The van der Waals surface area contributed by atoms with E-state index in [1.165, 1.54) is 0 Å². The lowest BCUT2D eigenvalue weighted by Gasteiger charge is -2.23. The molecule has 0 radical (unpaired) electrons. The van der Waals surface area contributed by atoms with Crippen molar-refractivity contribution in [1.29, 1.82) is 0 Å². The van der Waals surface area contributed by atoms with Crippen molar-refractivity contribution in [2.24, 2.45) is 0 Å². The molecule has 31 heavy (non-hydrogen) atoms. The molecule has 0 bridgehead atoms. The maximum absolute atomic E-state index is 13.4. The molecule has 0 saturated heterocycles. The zero-order chi connectivity index (χ0) is 22.1. The Morgan fingerprint density at radius 2 is 1.97 bits per heavy atom. The topological polar surface area (TPSA) is 73.2 Å². The lowest BCUT2D eigenvalue weighted by atomic mass is 9.85. The van der Waals surface area contributed by atoms with Crippen LogP contribution in [0, 0.1) is 13.8 Å². The van der Waals surface area contributed by atoms with Gasteiger partial charge in [-0.3, -0.25) is 9.59 Å². The third-order valence-corrected chi connectivity index (χ3v) is 5.84. The zero-order valence-electron chi connectivity index (χ0n) is 17.7. The van der Waals surface area contributed by atoms with Gasteiger partial charge in [0.2, 0.25) is 5.91 Å². The highest BCUT2D eigenvalue weighted by Gasteiger charge is 2.36. The molecule has 0 saturated carbocycles. The Morgan fingerprint density at radius 3 is 2.65 bits per heavy atom. The van der Waals surface area contributed by atoms with Crippen molar-refractivity contribution < 1.29 is 14.3 Å². The van der Waals surface area contributed by atoms with Crippen LogP contribution in [0.5, 0.6) is 5.75 Å². The van der Waals surface area contributed by atoms with Gasteiger partial charge in [-0.1, -0.05) is 24.6 Å². The second kappa shape index (κ2) is 8.55. The zero-order valence-corrected chi connectivity index (χ0v) is 18.5. The summed E-state index contributed by atoms with van der Waals surface area (Å²) in [5.74, 6) is 0.326. The van der Waals surface area contributed by atoms with Gasteiger partial charge in [-0.25, -0.2) is 4.68 Å². The first-order chi connectivity index (χ1) is 14.9. The van der Waals surface area contributed by atoms with E-state index in [9.17, 15) is 9.59 Å². The number of aryl methyl sites for hydroxylation is 2. The van der Waals surface area contributed by atoms with Gasteiger partial charge < -0.3 is 10.1 Å². The third-order valence-electron chi connectivity index (χ3n) is 5.43. The molecule has 3 aromatic rings. The minimum atomic E-state index is -0.596. The van der Waals surface area contributed by atoms with Gasteiger partial charge in [0, 0.05) is 22.6 Å². The first-order valence-electron chi connectivity index (χ1n) is 10.3. The molecule has 0 spiro atoms. The summed E-state index contributed by atoms with van der Waals surface area (Å²) in [6, 6.07) is 12.7. The second-order valence-corrected chi connectivity index (χ2v) is 8.14. The van der Waals surface area contributed by atoms with Crippen LogP contribution in [0.15, 0.2) is 42.5 Å². The maximum Gasteiger partial charge on any atom is 0.226 e. The Kier molecular flexibility index (Phi) is 5.83. The van der Waals surface area contributed by atoms with Crippen molar-refractivity contribution in [2.45, 2.75) is 39.5 Å². The van der Waals surface area contributed by atoms with Crippen LogP contribution in [-0.2, 0) is 4.79 Å². The van der Waals surface area contributed by atoms with Gasteiger partial charge >= 0.3 is 0 Å². The minimum Gasteiger partial charge on any atom is -0.494 e. The fourth-order valence-corrected chi connectivity index (χ4v) is 3.98. The number of ketones is 1. The van der Waals surface area contributed by atoms with Crippen molar-refractivity contribution in [3.8, 4) is 11.4 Å². The second-order valence-electron chi connectivity index (χ2n) is 7.73. The molecule has 160 valence electrons. The number of rotatable bonds is 6. The smallest absolute Gasteiger partial charge is 0.226 e. The molecule has 6 nitrogen and oxygen atoms in total. The van der Waals surface area contributed by atoms with E-state index in [1.54, 1.807) is 35.0 Å². The van der Waals surface area contributed by atoms with E-state index in [1.807, 2.05) is 32.9 Å². The molecule has 1 aliphatic rings. The summed E-state index contributed by atoms with van der Waals surface area (Å²) >= 11 is 6.29. The van der Waals surface area contributed by atoms with Gasteiger partial charge in [-0.15, -0.1) is 0 Å². The third kappa shape index (κ3) is 4.08. The maximum atomic E-state index is 13.4. The van der Waals surface area contributed by atoms with Crippen LogP contribution in [0.3, 0.4) is 0 Å². The van der Waals surface area contributed by atoms with Crippen LogP contribution >= 0.6 is 11.6 Å². The summed E-state index contributed by atoms with van der Waals surface area (Å²) in [5, 5.41) is 8.12. The molecule has 1 amide bonds. The lowest BCUT2D eigenvalue weighted by molar-refractivity contribution is -0.116. The number of hydrogen-bond acceptors (Lipinski definition) is 4. The van der Waals surface area contributed by atoms with E-state index in [0.29, 0.717) is 28.7 Å². The number of anilines is 1. The van der Waals surface area contributed by atoms with Gasteiger partial charge in [0.15, 0.2) is 5.78 Å². The Labute approximate surface area is 186 Å². The Hall–Kier alpha value is -3.12. The standard InChI is InChI=1S/C24H24ClN3O3/c1-4-11-31-18-9-6-16(7-10-18)23(30)19-13-21(29)26-24-22(19)15(3)27-28(24)17-8-5-14(2)20(25)12-17/h5-10,12,19H,4,11,13H2,1-3H3,(H,26,29). The van der Waals surface area contributed by atoms with Gasteiger partial charge in [-0.05, 0) is 62.2 Å². The summed E-state index contributed by atoms with van der Waals surface area (Å²) in [6.07, 6.45) is 0.997. The Morgan fingerprint density at radius 1 is 1.23 bits per heavy atom. The van der Waals surface area contributed by atoms with Crippen LogP contribution in [0.1, 0.15) is 52.9 Å². The predicted molar refractivity (Wildman–Crippen MR) is 121 cm³/mol. The molecule has 2 aromatic carbocycles. The number of ether oxygens (including phenoxy) is 1. The molecule has 1 N–H and O–H groups in total. The largest absolute Gasteiger partial charge is 0.494 e. The van der Waals surface area contributed by atoms with Crippen molar-refractivity contribution in [2.75, 3.05) is 11.9 Å². The highest BCUT2D eigenvalue weighted by molar-refractivity contribution is 6.31. The Balaban J connectivity index is 1.70. The van der Waals surface area contributed by atoms with Crippen molar-refractivity contribution in [3.05, 3.63) is 69.9 Å². The van der Waals surface area contributed by atoms with Crippen molar-refractivity contribution in [1.82, 2.24) is 9.78 Å². The molecule has 0 aliphatic carbocycles. The minimum absolute atomic E-state index is 0.0844. The molecular weight excluding hydrogens is 414 g/mol. The van der Waals surface area contributed by atoms with Gasteiger partial charge in [0.05, 0.1) is 23.9 Å². The molecule has 7 heteroatoms. The molecule has 1 aliphatic heterocycles. The molecule has 0 fully saturated rings. The van der Waals surface area contributed by atoms with Crippen LogP contribution in [0.2, 0.25) is 5.02 Å². The molecule has 1 atom stereocenters. The van der Waals surface area contributed by atoms with Gasteiger partial charge in [-0.2, -0.15) is 5.10 Å². The summed E-state index contributed by atoms with van der Waals surface area (Å²) in [5.41, 5.74) is 3.66. The van der Waals surface area contributed by atoms with Crippen molar-refractivity contribution >= 4 is 29.1 Å². The number of nitrogens with one attached hydrogen (secondary N) is 1. The summed E-state index contributed by atoms with van der Waals surface area (Å²) in [7, 11) is 0. The molecular formula is C24H24ClN3O3. The molecule has 1 unspecified atom stereocenters. The van der Waals surface area contributed by atoms with E-state index >= 15 is 0 Å². The summed E-state index contributed by atoms with van der Waals surface area (Å²) in [4.78, 5) is 25.9. The predicted octanol–water partition coefficient (Wildman–Crippen LogP) is 5.24. The molecule has 4 rings (SSSR count). The number of hydrogen-bond donors (Lipinski definition) is 1. The number of halogens is 1. The highest BCUT2D eigenvalue weighted by atomic mass is 35.5. The number of Topliss-reactive ketones (excluding diaryl/α,β-unsaturated/α-hetero) is 1. The fraction of sp³-hybridized carbons (Fsp3) is 0.292. The average molecular weight is 438 g/mol. The normalized spacial score (nSPS) is 15.4. The fourth-order valence-electron chi connectivity index (χ4n) is 3.81. The summed E-state index contributed by atoms with van der Waals surface area (Å²) < 4.78 is 7.25. The van der Waals surface area contributed by atoms with E-state index in [2.05, 4.69) is 10.4 Å². The quantitative estimate of drug-likeness (QED) is 0.535. The number of benzene rings is 2. The Bertz CT molecular complexity index is 1150. The number of fused-ring (bicyclic) bond motifs is 1. The van der Waals surface area contributed by atoms with Crippen LogP contribution in [-0.4, -0.2) is 28.1 Å². The number of carbonyl (C=O) groups excluding carboxylic acids is 2. The van der Waals surface area contributed by atoms with E-state index in [4.69, 9.17) is 16.3 Å². The average Bonchev–Trinajstić information content (AvgIpc) is 3.09. The SMILES string of the molecule is CCCOc1ccc(C(=O)C2CC(=O)Nc3c2c(C)nn3-c2ccc(C)c(Cl)c2)cc1. The summed E-state index contributed by atoms with van der Waals surface area (Å²) in [6.45, 7) is 6.44. The number of aromatic nitrogens is 2. The van der Waals surface area contributed by atoms with Crippen LogP contribution < -0.4 is 10.1 Å². The van der Waals surface area contributed by atoms with E-state index in [-0.39, 0.29) is 18.1 Å². The monoisotopic (exact) mass is 437 g/mol. The first-order valence-corrected chi connectivity index (χ1v) is 10.7. The molecule has 1 aromatic heterocycles. The van der Waals surface area contributed by atoms with Crippen molar-refractivity contribution in [3.63, 3.8) is 0 Å². The number of amides is 1. The first kappa shape index (κ1) is 21.1. The van der Waals surface area contributed by atoms with Gasteiger partial charge in [0.25, 0.3) is 0 Å². The number of carbonyl (C=O) groups is 2. The number of nitrogens with zero attached hydrogens (tertiary/aromatic N) is 2. The highest BCUT2D eigenvalue weighted by Crippen LogP contribution is 2.38. The molecule has 2 heterocycles. The van der Waals surface area contributed by atoms with E-state index < -0.39 is 5.92 Å². The van der Waals surface area contributed by atoms with E-state index in [0.717, 1.165) is 29.0 Å². The van der Waals surface area contributed by atoms with Crippen LogP contribution in [0.25, 0.3) is 5.69 Å².